The van der Waals surface area contributed by atoms with Crippen LogP contribution in [0.3, 0.4) is 0 Å². The highest BCUT2D eigenvalue weighted by Gasteiger charge is 2.44. The van der Waals surface area contributed by atoms with Crippen LogP contribution in [0.4, 0.5) is 5.13 Å². The van der Waals surface area contributed by atoms with Crippen LogP contribution < -0.4 is 10.6 Å². The van der Waals surface area contributed by atoms with Crippen molar-refractivity contribution in [2.75, 3.05) is 37.6 Å². The van der Waals surface area contributed by atoms with E-state index in [4.69, 9.17) is 18.0 Å². The lowest BCUT2D eigenvalue weighted by Gasteiger charge is -2.36. The Morgan fingerprint density at radius 3 is 2.63 bits per heavy atom. The predicted molar refractivity (Wildman–Crippen MR) is 83.8 cm³/mol. The molecule has 1 aromatic rings. The molecule has 4 nitrogen and oxygen atoms in total. The monoisotopic (exact) mass is 296 g/mol. The minimum Gasteiger partial charge on any atom is -0.393 e. The van der Waals surface area contributed by atoms with E-state index in [2.05, 4.69) is 14.8 Å². The van der Waals surface area contributed by atoms with Gasteiger partial charge < -0.3 is 10.6 Å². The smallest absolute Gasteiger partial charge is 0.185 e. The van der Waals surface area contributed by atoms with Crippen LogP contribution in [0.1, 0.15) is 19.3 Å². The van der Waals surface area contributed by atoms with E-state index >= 15 is 0 Å². The van der Waals surface area contributed by atoms with E-state index in [0.29, 0.717) is 10.4 Å². The molecule has 2 aliphatic rings. The van der Waals surface area contributed by atoms with Gasteiger partial charge in [0.05, 0.1) is 4.99 Å². The molecule has 104 valence electrons. The molecular weight excluding hydrogens is 276 g/mol. The average molecular weight is 296 g/mol. The molecule has 3 rings (SSSR count). The van der Waals surface area contributed by atoms with Gasteiger partial charge in [0.25, 0.3) is 0 Å². The molecule has 0 amide bonds. The van der Waals surface area contributed by atoms with Gasteiger partial charge in [-0.1, -0.05) is 12.2 Å². The number of thiazole rings is 1. The van der Waals surface area contributed by atoms with Crippen molar-refractivity contribution < 1.29 is 0 Å². The molecule has 1 aliphatic carbocycles. The lowest BCUT2D eigenvalue weighted by atomic mass is 10.0. The number of piperazine rings is 1. The third-order valence-electron chi connectivity index (χ3n) is 4.13. The summed E-state index contributed by atoms with van der Waals surface area (Å²) in [4.78, 5) is 10.0. The first kappa shape index (κ1) is 13.3. The summed E-state index contributed by atoms with van der Waals surface area (Å²) in [6.45, 7) is 5.57. The highest BCUT2D eigenvalue weighted by Crippen LogP contribution is 2.49. The van der Waals surface area contributed by atoms with Crippen LogP contribution in [0.25, 0.3) is 0 Å². The Hall–Kier alpha value is -0.720. The van der Waals surface area contributed by atoms with Gasteiger partial charge in [-0.05, 0) is 18.3 Å². The molecule has 2 heterocycles. The lowest BCUT2D eigenvalue weighted by Crippen LogP contribution is -2.48. The van der Waals surface area contributed by atoms with E-state index in [9.17, 15) is 0 Å². The molecular formula is C13H20N4S2. The molecule has 6 heteroatoms. The van der Waals surface area contributed by atoms with Gasteiger partial charge in [0.2, 0.25) is 0 Å². The van der Waals surface area contributed by atoms with Gasteiger partial charge in [-0.25, -0.2) is 4.98 Å². The third kappa shape index (κ3) is 3.24. The van der Waals surface area contributed by atoms with E-state index < -0.39 is 0 Å². The Bertz CT molecular complexity index is 434. The minimum atomic E-state index is 0.412. The molecule has 0 spiro atoms. The Balaban J connectivity index is 1.49. The molecule has 0 unspecified atom stereocenters. The minimum absolute atomic E-state index is 0.412. The molecule has 1 saturated carbocycles. The molecule has 19 heavy (non-hydrogen) atoms. The van der Waals surface area contributed by atoms with E-state index in [1.807, 2.05) is 11.6 Å². The van der Waals surface area contributed by atoms with Crippen molar-refractivity contribution in [3.05, 3.63) is 11.6 Å². The summed E-state index contributed by atoms with van der Waals surface area (Å²) < 4.78 is 0. The number of hydrogen-bond acceptors (Lipinski definition) is 5. The topological polar surface area (TPSA) is 45.4 Å². The van der Waals surface area contributed by atoms with Gasteiger partial charge in [0.15, 0.2) is 5.13 Å². The Morgan fingerprint density at radius 2 is 2.11 bits per heavy atom. The summed E-state index contributed by atoms with van der Waals surface area (Å²) in [5.74, 6) is 0. The molecule has 1 saturated heterocycles. The second kappa shape index (κ2) is 5.34. The molecule has 2 N–H and O–H groups in total. The molecule has 0 radical (unpaired) electrons. The summed E-state index contributed by atoms with van der Waals surface area (Å²) in [6.07, 6.45) is 5.39. The van der Waals surface area contributed by atoms with Gasteiger partial charge >= 0.3 is 0 Å². The fourth-order valence-electron chi connectivity index (χ4n) is 2.88. The van der Waals surface area contributed by atoms with Gasteiger partial charge in [0.1, 0.15) is 0 Å². The zero-order valence-corrected chi connectivity index (χ0v) is 12.7. The number of nitrogens with zero attached hydrogens (tertiary/aromatic N) is 3. The van der Waals surface area contributed by atoms with Crippen LogP contribution in [0, 0.1) is 5.41 Å². The quantitative estimate of drug-likeness (QED) is 0.838. The summed E-state index contributed by atoms with van der Waals surface area (Å²) in [5, 5.41) is 3.20. The van der Waals surface area contributed by atoms with Crippen molar-refractivity contribution in [3.8, 4) is 0 Å². The van der Waals surface area contributed by atoms with Gasteiger partial charge in [-0.3, -0.25) is 4.90 Å². The average Bonchev–Trinajstić information content (AvgIpc) is 2.93. The lowest BCUT2D eigenvalue weighted by molar-refractivity contribution is 0.211. The molecule has 2 fully saturated rings. The Labute approximate surface area is 123 Å². The predicted octanol–water partition coefficient (Wildman–Crippen LogP) is 1.72. The Kier molecular flexibility index (Phi) is 3.73. The first-order valence-electron chi connectivity index (χ1n) is 6.82. The molecule has 1 aromatic heterocycles. The second-order valence-electron chi connectivity index (χ2n) is 5.72. The molecule has 1 aliphatic heterocycles. The van der Waals surface area contributed by atoms with Crippen molar-refractivity contribution in [1.82, 2.24) is 9.88 Å². The summed E-state index contributed by atoms with van der Waals surface area (Å²) >= 11 is 6.80. The van der Waals surface area contributed by atoms with Crippen LogP contribution in [0.15, 0.2) is 11.6 Å². The number of anilines is 1. The summed E-state index contributed by atoms with van der Waals surface area (Å²) in [6, 6.07) is 0. The summed E-state index contributed by atoms with van der Waals surface area (Å²) in [5.41, 5.74) is 6.12. The molecule has 0 aromatic carbocycles. The van der Waals surface area contributed by atoms with Crippen LogP contribution in [0.5, 0.6) is 0 Å². The third-order valence-corrected chi connectivity index (χ3v) is 5.10. The fraction of sp³-hybridized carbons (Fsp3) is 0.692. The largest absolute Gasteiger partial charge is 0.393 e. The van der Waals surface area contributed by atoms with E-state index in [0.717, 1.165) is 44.3 Å². The maximum Gasteiger partial charge on any atom is 0.185 e. The molecule has 0 atom stereocenters. The van der Waals surface area contributed by atoms with Gasteiger partial charge in [-0.2, -0.15) is 0 Å². The fourth-order valence-corrected chi connectivity index (χ4v) is 3.88. The number of hydrogen-bond donors (Lipinski definition) is 1. The van der Waals surface area contributed by atoms with Crippen LogP contribution >= 0.6 is 23.6 Å². The SMILES string of the molecule is NC(=S)CC1(CN2CCN(c3nccs3)CC2)CC1. The van der Waals surface area contributed by atoms with Crippen LogP contribution in [-0.2, 0) is 0 Å². The number of nitrogens with two attached hydrogens (primary N) is 1. The van der Waals surface area contributed by atoms with Crippen molar-refractivity contribution in [2.45, 2.75) is 19.3 Å². The maximum absolute atomic E-state index is 5.71. The number of thiocarbonyl (C=S) groups is 1. The highest BCUT2D eigenvalue weighted by molar-refractivity contribution is 7.80. The van der Waals surface area contributed by atoms with Gasteiger partial charge in [0, 0.05) is 50.7 Å². The van der Waals surface area contributed by atoms with Crippen LogP contribution in [0.2, 0.25) is 0 Å². The normalized spacial score (nSPS) is 22.4. The van der Waals surface area contributed by atoms with Gasteiger partial charge in [-0.15, -0.1) is 11.3 Å². The van der Waals surface area contributed by atoms with Crippen molar-refractivity contribution in [3.63, 3.8) is 0 Å². The zero-order chi connectivity index (χ0) is 13.3. The maximum atomic E-state index is 5.71. The molecule has 0 bridgehead atoms. The van der Waals surface area contributed by atoms with E-state index in [1.165, 1.54) is 12.8 Å². The number of rotatable bonds is 5. The highest BCUT2D eigenvalue weighted by atomic mass is 32.1. The first-order valence-corrected chi connectivity index (χ1v) is 8.11. The second-order valence-corrected chi connectivity index (χ2v) is 7.12. The van der Waals surface area contributed by atoms with Crippen molar-refractivity contribution in [1.29, 1.82) is 0 Å². The van der Waals surface area contributed by atoms with Crippen molar-refractivity contribution in [2.24, 2.45) is 11.1 Å². The first-order chi connectivity index (χ1) is 9.17. The van der Waals surface area contributed by atoms with E-state index in [1.54, 1.807) is 11.3 Å². The Morgan fingerprint density at radius 1 is 1.37 bits per heavy atom. The summed E-state index contributed by atoms with van der Waals surface area (Å²) in [7, 11) is 0. The number of aromatic nitrogens is 1. The van der Waals surface area contributed by atoms with E-state index in [-0.39, 0.29) is 0 Å². The zero-order valence-electron chi connectivity index (χ0n) is 11.0. The van der Waals surface area contributed by atoms with Crippen molar-refractivity contribution >= 4 is 33.7 Å². The standard InChI is InChI=1S/C13H20N4S2/c14-11(18)9-13(1-2-13)10-16-4-6-17(7-5-16)12-15-3-8-19-12/h3,8H,1-2,4-7,9-10H2,(H2,14,18). The van der Waals surface area contributed by atoms with Crippen LogP contribution in [-0.4, -0.2) is 47.6 Å².